The summed E-state index contributed by atoms with van der Waals surface area (Å²) in [5.41, 5.74) is 0. The summed E-state index contributed by atoms with van der Waals surface area (Å²) >= 11 is 0. The fourth-order valence-corrected chi connectivity index (χ4v) is 10.4. The molecule has 1 unspecified atom stereocenters. The van der Waals surface area contributed by atoms with Crippen LogP contribution in [0, 0.1) is 5.92 Å². The van der Waals surface area contributed by atoms with Gasteiger partial charge in [0.25, 0.3) is 8.32 Å². The highest BCUT2D eigenvalue weighted by atomic mass is 28.4. The van der Waals surface area contributed by atoms with Crippen molar-refractivity contribution in [2.24, 2.45) is 5.92 Å². The van der Waals surface area contributed by atoms with Crippen molar-refractivity contribution in [1.82, 2.24) is 0 Å². The molecule has 3 rings (SSSR count). The number of carboxylic acid groups (broad SMARTS) is 1. The molecule has 7 heteroatoms. The van der Waals surface area contributed by atoms with E-state index in [1.807, 2.05) is 19.1 Å². The quantitative estimate of drug-likeness (QED) is 0.372. The molecule has 1 N–H and O–H groups in total. The minimum absolute atomic E-state index is 0.136. The zero-order valence-electron chi connectivity index (χ0n) is 22.3. The zero-order valence-corrected chi connectivity index (χ0v) is 23.3. The Morgan fingerprint density at radius 1 is 1.06 bits per heavy atom. The number of hydrogen-bond acceptors (Lipinski definition) is 5. The van der Waals surface area contributed by atoms with E-state index in [-0.39, 0.29) is 35.6 Å². The van der Waals surface area contributed by atoms with Gasteiger partial charge in [0.2, 0.25) is 0 Å². The fraction of sp³-hybridized carbons (Fsp3) is 0.517. The summed E-state index contributed by atoms with van der Waals surface area (Å²) in [7, 11) is -2.81. The first-order valence-electron chi connectivity index (χ1n) is 12.8. The highest BCUT2D eigenvalue weighted by molar-refractivity contribution is 6.99. The number of carbonyl (C=O) groups is 2. The number of esters is 1. The minimum atomic E-state index is -2.81. The van der Waals surface area contributed by atoms with E-state index in [0.717, 1.165) is 0 Å². The van der Waals surface area contributed by atoms with E-state index in [4.69, 9.17) is 13.9 Å². The van der Waals surface area contributed by atoms with Crippen LogP contribution in [0.4, 0.5) is 0 Å². The molecule has 1 heterocycles. The Kier molecular flexibility index (Phi) is 9.14. The van der Waals surface area contributed by atoms with Gasteiger partial charge in [-0.15, -0.1) is 0 Å². The van der Waals surface area contributed by atoms with Crippen LogP contribution in [0.3, 0.4) is 0 Å². The summed E-state index contributed by atoms with van der Waals surface area (Å²) in [6, 6.07) is 20.9. The maximum Gasteiger partial charge on any atom is 0.305 e. The standard InChI is InChI=1S/C29H40O6Si/c1-7-25(27-18-24(20(2)33-21(3)30)26(34-27)19-28(31)32)35-36(29(4,5)6,22-14-10-8-11-15-22)23-16-12-9-13-17-23/h8-17,20,24-27H,7,18-19H2,1-6H3,(H,31,32)/t20-,24-,25-,26?,27-/m0/s1. The molecular weight excluding hydrogens is 472 g/mol. The Bertz CT molecular complexity index is 964. The SMILES string of the molecule is CC[C@H](O[Si](c1ccccc1)(c1ccccc1)C(C)(C)C)[C@@H]1C[C@@H]([C@H](C)OC(C)=O)C(CC(=O)O)O1. The van der Waals surface area contributed by atoms with E-state index < -0.39 is 26.5 Å². The maximum atomic E-state index is 11.6. The third-order valence-electron chi connectivity index (χ3n) is 7.22. The van der Waals surface area contributed by atoms with E-state index in [1.54, 1.807) is 0 Å². The Morgan fingerprint density at radius 2 is 1.58 bits per heavy atom. The van der Waals surface area contributed by atoms with Crippen molar-refractivity contribution in [3.05, 3.63) is 60.7 Å². The van der Waals surface area contributed by atoms with Crippen LogP contribution in [0.25, 0.3) is 0 Å². The third kappa shape index (κ3) is 6.07. The molecule has 36 heavy (non-hydrogen) atoms. The maximum absolute atomic E-state index is 11.6. The molecule has 1 aliphatic heterocycles. The molecule has 2 aromatic carbocycles. The lowest BCUT2D eigenvalue weighted by molar-refractivity contribution is -0.150. The van der Waals surface area contributed by atoms with Gasteiger partial charge in [0.1, 0.15) is 6.10 Å². The van der Waals surface area contributed by atoms with Crippen LogP contribution in [-0.2, 0) is 23.5 Å². The molecule has 0 radical (unpaired) electrons. The van der Waals surface area contributed by atoms with Crippen LogP contribution >= 0.6 is 0 Å². The van der Waals surface area contributed by atoms with Gasteiger partial charge in [-0.2, -0.15) is 0 Å². The molecule has 0 saturated carbocycles. The molecule has 0 bridgehead atoms. The van der Waals surface area contributed by atoms with Crippen LogP contribution in [-0.4, -0.2) is 49.8 Å². The first-order valence-corrected chi connectivity index (χ1v) is 14.7. The third-order valence-corrected chi connectivity index (χ3v) is 12.3. The highest BCUT2D eigenvalue weighted by Gasteiger charge is 2.53. The van der Waals surface area contributed by atoms with Gasteiger partial charge < -0.3 is 19.0 Å². The minimum Gasteiger partial charge on any atom is -0.481 e. The van der Waals surface area contributed by atoms with E-state index in [1.165, 1.54) is 17.3 Å². The van der Waals surface area contributed by atoms with E-state index in [0.29, 0.717) is 12.8 Å². The van der Waals surface area contributed by atoms with E-state index in [9.17, 15) is 14.7 Å². The van der Waals surface area contributed by atoms with Crippen molar-refractivity contribution >= 4 is 30.6 Å². The topological polar surface area (TPSA) is 82.1 Å². The van der Waals surface area contributed by atoms with Crippen LogP contribution in [0.2, 0.25) is 5.04 Å². The predicted molar refractivity (Wildman–Crippen MR) is 143 cm³/mol. The second kappa shape index (κ2) is 11.7. The Balaban J connectivity index is 2.02. The molecule has 0 amide bonds. The van der Waals surface area contributed by atoms with Gasteiger partial charge in [0.05, 0.1) is 24.7 Å². The molecule has 2 aromatic rings. The lowest BCUT2D eigenvalue weighted by atomic mass is 9.91. The van der Waals surface area contributed by atoms with Gasteiger partial charge in [-0.05, 0) is 35.2 Å². The number of carboxylic acids is 1. The van der Waals surface area contributed by atoms with Gasteiger partial charge >= 0.3 is 11.9 Å². The molecule has 196 valence electrons. The molecule has 0 aliphatic carbocycles. The van der Waals surface area contributed by atoms with Crippen LogP contribution < -0.4 is 10.4 Å². The van der Waals surface area contributed by atoms with Gasteiger partial charge in [-0.25, -0.2) is 0 Å². The molecule has 1 fully saturated rings. The van der Waals surface area contributed by atoms with E-state index >= 15 is 0 Å². The number of carbonyl (C=O) groups excluding carboxylic acids is 1. The first kappa shape index (κ1) is 28.1. The van der Waals surface area contributed by atoms with Gasteiger partial charge in [0, 0.05) is 12.8 Å². The second-order valence-corrected chi connectivity index (χ2v) is 15.0. The molecule has 0 spiro atoms. The van der Waals surface area contributed by atoms with Gasteiger partial charge in [-0.3, -0.25) is 9.59 Å². The lowest BCUT2D eigenvalue weighted by Crippen LogP contribution is -2.68. The molecule has 1 saturated heterocycles. The van der Waals surface area contributed by atoms with Crippen molar-refractivity contribution < 1.29 is 28.6 Å². The molecule has 0 aromatic heterocycles. The van der Waals surface area contributed by atoms with Crippen LogP contribution in [0.15, 0.2) is 60.7 Å². The van der Waals surface area contributed by atoms with Crippen LogP contribution in [0.5, 0.6) is 0 Å². The smallest absolute Gasteiger partial charge is 0.305 e. The predicted octanol–water partition coefficient (Wildman–Crippen LogP) is 4.54. The Morgan fingerprint density at radius 3 is 2.00 bits per heavy atom. The van der Waals surface area contributed by atoms with Crippen molar-refractivity contribution in [3.8, 4) is 0 Å². The number of hydrogen-bond donors (Lipinski definition) is 1. The molecular formula is C29H40O6Si. The zero-order chi connectivity index (χ0) is 26.5. The van der Waals surface area contributed by atoms with Crippen molar-refractivity contribution in [2.45, 2.75) is 90.3 Å². The van der Waals surface area contributed by atoms with Crippen LogP contribution in [0.1, 0.15) is 60.8 Å². The summed E-state index contributed by atoms with van der Waals surface area (Å²) in [4.78, 5) is 23.2. The largest absolute Gasteiger partial charge is 0.481 e. The normalized spacial score (nSPS) is 22.1. The van der Waals surface area contributed by atoms with E-state index in [2.05, 4.69) is 76.2 Å². The summed E-state index contributed by atoms with van der Waals surface area (Å²) in [6.45, 7) is 12.0. The number of benzene rings is 2. The van der Waals surface area contributed by atoms with Gasteiger partial charge in [0.15, 0.2) is 0 Å². The lowest BCUT2D eigenvalue weighted by Gasteiger charge is -2.46. The number of ether oxygens (including phenoxy) is 2. The Labute approximate surface area is 216 Å². The second-order valence-electron chi connectivity index (χ2n) is 10.8. The van der Waals surface area contributed by atoms with Crippen molar-refractivity contribution in [3.63, 3.8) is 0 Å². The first-order chi connectivity index (χ1) is 17.0. The monoisotopic (exact) mass is 512 g/mol. The molecule has 6 nitrogen and oxygen atoms in total. The average molecular weight is 513 g/mol. The average Bonchev–Trinajstić information content (AvgIpc) is 3.23. The summed E-state index contributed by atoms with van der Waals surface area (Å²) in [5, 5.41) is 11.7. The van der Waals surface area contributed by atoms with Crippen molar-refractivity contribution in [2.75, 3.05) is 0 Å². The number of rotatable bonds is 10. The fourth-order valence-electron chi connectivity index (χ4n) is 5.60. The number of aliphatic carboxylic acids is 1. The Hall–Kier alpha value is -2.48. The molecule has 5 atom stereocenters. The highest BCUT2D eigenvalue weighted by Crippen LogP contribution is 2.41. The summed E-state index contributed by atoms with van der Waals surface area (Å²) < 4.78 is 19.2. The summed E-state index contributed by atoms with van der Waals surface area (Å²) in [6.07, 6.45) is -0.387. The molecule has 1 aliphatic rings. The van der Waals surface area contributed by atoms with Gasteiger partial charge in [-0.1, -0.05) is 88.4 Å². The summed E-state index contributed by atoms with van der Waals surface area (Å²) in [5.74, 6) is -1.52. The van der Waals surface area contributed by atoms with Crippen molar-refractivity contribution in [1.29, 1.82) is 0 Å².